The molecule has 1 aliphatic heterocycles. The topological polar surface area (TPSA) is 77.2 Å². The average Bonchev–Trinajstić information content (AvgIpc) is 3.17. The van der Waals surface area contributed by atoms with Gasteiger partial charge in [-0.3, -0.25) is 4.79 Å². The van der Waals surface area contributed by atoms with E-state index in [-0.39, 0.29) is 12.5 Å². The molecule has 0 atom stereocenters. The number of nitrogens with one attached hydrogen (secondary N) is 1. The summed E-state index contributed by atoms with van der Waals surface area (Å²) >= 11 is 1.57. The van der Waals surface area contributed by atoms with Crippen LogP contribution in [0.4, 0.5) is 0 Å². The van der Waals surface area contributed by atoms with Crippen LogP contribution in [0.15, 0.2) is 22.0 Å². The molecule has 1 fully saturated rings. The first kappa shape index (κ1) is 14.2. The second kappa shape index (κ2) is 6.82. The Bertz CT molecular complexity index is 576. The summed E-state index contributed by atoms with van der Waals surface area (Å²) < 4.78 is 10.5. The monoisotopic (exact) mass is 307 g/mol. The maximum Gasteiger partial charge on any atom is 0.246 e. The zero-order valence-corrected chi connectivity index (χ0v) is 12.4. The van der Waals surface area contributed by atoms with Crippen molar-refractivity contribution in [2.75, 3.05) is 13.2 Å². The van der Waals surface area contributed by atoms with E-state index >= 15 is 0 Å². The predicted molar refractivity (Wildman–Crippen MR) is 77.0 cm³/mol. The molecule has 0 unspecified atom stereocenters. The van der Waals surface area contributed by atoms with E-state index in [0.717, 1.165) is 36.8 Å². The molecule has 1 aliphatic rings. The fraction of sp³-hybridized carbons (Fsp3) is 0.500. The van der Waals surface area contributed by atoms with Gasteiger partial charge in [0.2, 0.25) is 11.8 Å². The van der Waals surface area contributed by atoms with Crippen molar-refractivity contribution in [2.45, 2.75) is 31.7 Å². The van der Waals surface area contributed by atoms with E-state index in [4.69, 9.17) is 9.26 Å². The summed E-state index contributed by atoms with van der Waals surface area (Å²) in [5, 5.41) is 8.76. The second-order valence-corrected chi connectivity index (χ2v) is 6.00. The summed E-state index contributed by atoms with van der Waals surface area (Å²) in [5.74, 6) is 1.44. The standard InChI is InChI=1S/C14H17N3O3S/c18-12(8-11-2-1-7-21-11)15-9-13-16-14(17-20-13)10-3-5-19-6-4-10/h1-2,7,10H,3-6,8-9H2,(H,15,18). The summed E-state index contributed by atoms with van der Waals surface area (Å²) in [6, 6.07) is 3.88. The van der Waals surface area contributed by atoms with Crippen LogP contribution >= 0.6 is 11.3 Å². The van der Waals surface area contributed by atoms with Gasteiger partial charge in [-0.1, -0.05) is 11.2 Å². The van der Waals surface area contributed by atoms with Crippen molar-refractivity contribution in [3.8, 4) is 0 Å². The number of rotatable bonds is 5. The molecule has 3 rings (SSSR count). The Hall–Kier alpha value is -1.73. The van der Waals surface area contributed by atoms with Gasteiger partial charge in [0.25, 0.3) is 0 Å². The number of carbonyl (C=O) groups excluding carboxylic acids is 1. The van der Waals surface area contributed by atoms with Gasteiger partial charge in [-0.05, 0) is 24.3 Å². The summed E-state index contributed by atoms with van der Waals surface area (Å²) in [5.41, 5.74) is 0. The summed E-state index contributed by atoms with van der Waals surface area (Å²) in [4.78, 5) is 17.2. The van der Waals surface area contributed by atoms with Crippen LogP contribution in [0.25, 0.3) is 0 Å². The number of hydrogen-bond donors (Lipinski definition) is 1. The third-order valence-electron chi connectivity index (χ3n) is 3.42. The van der Waals surface area contributed by atoms with E-state index in [9.17, 15) is 4.79 Å². The Labute approximate surface area is 126 Å². The Kier molecular flexibility index (Phi) is 4.62. The van der Waals surface area contributed by atoms with Crippen molar-refractivity contribution in [1.82, 2.24) is 15.5 Å². The quantitative estimate of drug-likeness (QED) is 0.912. The van der Waals surface area contributed by atoms with Gasteiger partial charge in [-0.25, -0.2) is 0 Å². The van der Waals surface area contributed by atoms with Gasteiger partial charge >= 0.3 is 0 Å². The minimum Gasteiger partial charge on any atom is -0.381 e. The molecule has 1 N–H and O–H groups in total. The van der Waals surface area contributed by atoms with Gasteiger partial charge in [0.1, 0.15) is 0 Å². The van der Waals surface area contributed by atoms with Crippen LogP contribution in [0.1, 0.15) is 35.4 Å². The van der Waals surface area contributed by atoms with Crippen LogP contribution in [0, 0.1) is 0 Å². The van der Waals surface area contributed by atoms with Crippen molar-refractivity contribution < 1.29 is 14.1 Å². The van der Waals surface area contributed by atoms with Crippen LogP contribution in [0.3, 0.4) is 0 Å². The minimum absolute atomic E-state index is 0.0386. The van der Waals surface area contributed by atoms with Crippen molar-refractivity contribution in [1.29, 1.82) is 0 Å². The molecule has 21 heavy (non-hydrogen) atoms. The van der Waals surface area contributed by atoms with Crippen LogP contribution in [-0.4, -0.2) is 29.3 Å². The number of nitrogens with zero attached hydrogens (tertiary/aromatic N) is 2. The van der Waals surface area contributed by atoms with Gasteiger partial charge in [-0.2, -0.15) is 4.98 Å². The highest BCUT2D eigenvalue weighted by Gasteiger charge is 2.21. The number of hydrogen-bond acceptors (Lipinski definition) is 6. The fourth-order valence-electron chi connectivity index (χ4n) is 2.27. The third kappa shape index (κ3) is 3.89. The van der Waals surface area contributed by atoms with Gasteiger partial charge < -0.3 is 14.6 Å². The molecule has 7 heteroatoms. The van der Waals surface area contributed by atoms with Crippen LogP contribution in [-0.2, 0) is 22.5 Å². The SMILES string of the molecule is O=C(Cc1cccs1)NCc1nc(C2CCOCC2)no1. The van der Waals surface area contributed by atoms with Gasteiger partial charge in [0.15, 0.2) is 5.82 Å². The van der Waals surface area contributed by atoms with E-state index in [1.165, 1.54) is 0 Å². The molecule has 1 amide bonds. The lowest BCUT2D eigenvalue weighted by atomic mass is 10.00. The Balaban J connectivity index is 1.49. The van der Waals surface area contributed by atoms with Crippen LogP contribution < -0.4 is 5.32 Å². The fourth-order valence-corrected chi connectivity index (χ4v) is 2.97. The first-order valence-electron chi connectivity index (χ1n) is 7.00. The average molecular weight is 307 g/mol. The summed E-state index contributed by atoms with van der Waals surface area (Å²) in [6.45, 7) is 1.76. The Morgan fingerprint density at radius 3 is 3.05 bits per heavy atom. The maximum atomic E-state index is 11.8. The minimum atomic E-state index is -0.0386. The first-order valence-corrected chi connectivity index (χ1v) is 7.88. The number of ether oxygens (including phenoxy) is 1. The Morgan fingerprint density at radius 1 is 1.43 bits per heavy atom. The number of carbonyl (C=O) groups is 1. The molecule has 0 aliphatic carbocycles. The van der Waals surface area contributed by atoms with Crippen molar-refractivity contribution >= 4 is 17.2 Å². The summed E-state index contributed by atoms with van der Waals surface area (Å²) in [7, 11) is 0. The van der Waals surface area contributed by atoms with E-state index < -0.39 is 0 Å². The van der Waals surface area contributed by atoms with E-state index in [2.05, 4.69) is 15.5 Å². The zero-order chi connectivity index (χ0) is 14.5. The molecular formula is C14H17N3O3S. The molecule has 2 aromatic rings. The van der Waals surface area contributed by atoms with Gasteiger partial charge in [0, 0.05) is 24.0 Å². The zero-order valence-electron chi connectivity index (χ0n) is 11.6. The molecule has 1 saturated heterocycles. The predicted octanol–water partition coefficient (Wildman–Crippen LogP) is 1.88. The molecule has 0 saturated carbocycles. The van der Waals surface area contributed by atoms with Crippen LogP contribution in [0.5, 0.6) is 0 Å². The lowest BCUT2D eigenvalue weighted by Gasteiger charge is -2.18. The van der Waals surface area contributed by atoms with Crippen molar-refractivity contribution in [3.63, 3.8) is 0 Å². The lowest BCUT2D eigenvalue weighted by molar-refractivity contribution is -0.120. The number of amides is 1. The van der Waals surface area contributed by atoms with Crippen molar-refractivity contribution in [3.05, 3.63) is 34.1 Å². The number of aromatic nitrogens is 2. The van der Waals surface area contributed by atoms with Gasteiger partial charge in [-0.15, -0.1) is 11.3 Å². The highest BCUT2D eigenvalue weighted by atomic mass is 32.1. The normalized spacial score (nSPS) is 16.0. The Morgan fingerprint density at radius 2 is 2.29 bits per heavy atom. The molecule has 3 heterocycles. The third-order valence-corrected chi connectivity index (χ3v) is 4.30. The summed E-state index contributed by atoms with van der Waals surface area (Å²) in [6.07, 6.45) is 2.23. The largest absolute Gasteiger partial charge is 0.381 e. The molecule has 0 aromatic carbocycles. The molecule has 112 valence electrons. The van der Waals surface area contributed by atoms with E-state index in [1.54, 1.807) is 11.3 Å². The molecular weight excluding hydrogens is 290 g/mol. The highest BCUT2D eigenvalue weighted by molar-refractivity contribution is 7.10. The highest BCUT2D eigenvalue weighted by Crippen LogP contribution is 2.24. The molecule has 6 nitrogen and oxygen atoms in total. The van der Waals surface area contributed by atoms with E-state index in [0.29, 0.717) is 18.2 Å². The van der Waals surface area contributed by atoms with E-state index in [1.807, 2.05) is 17.5 Å². The lowest BCUT2D eigenvalue weighted by Crippen LogP contribution is -2.24. The van der Waals surface area contributed by atoms with Crippen molar-refractivity contribution in [2.24, 2.45) is 0 Å². The molecule has 0 bridgehead atoms. The second-order valence-electron chi connectivity index (χ2n) is 4.97. The van der Waals surface area contributed by atoms with Crippen LogP contribution in [0.2, 0.25) is 0 Å². The first-order chi connectivity index (χ1) is 10.3. The molecule has 0 spiro atoms. The maximum absolute atomic E-state index is 11.8. The molecule has 2 aromatic heterocycles. The molecule has 0 radical (unpaired) electrons. The smallest absolute Gasteiger partial charge is 0.246 e. The number of thiophene rings is 1. The van der Waals surface area contributed by atoms with Gasteiger partial charge in [0.05, 0.1) is 13.0 Å².